The van der Waals surface area contributed by atoms with Gasteiger partial charge in [0, 0.05) is 6.04 Å². The molecule has 1 aromatic rings. The molecule has 112 valence electrons. The molecule has 1 aromatic carbocycles. The molecule has 1 N–H and O–H groups in total. The minimum atomic E-state index is 0.637. The van der Waals surface area contributed by atoms with Gasteiger partial charge in [-0.05, 0) is 55.8 Å². The third kappa shape index (κ3) is 3.66. The molecule has 1 aliphatic rings. The van der Waals surface area contributed by atoms with Crippen molar-refractivity contribution in [2.75, 3.05) is 20.8 Å². The van der Waals surface area contributed by atoms with E-state index in [9.17, 15) is 0 Å². The van der Waals surface area contributed by atoms with Gasteiger partial charge in [-0.1, -0.05) is 19.4 Å². The minimum absolute atomic E-state index is 0.637. The lowest BCUT2D eigenvalue weighted by Crippen LogP contribution is -2.34. The van der Waals surface area contributed by atoms with Crippen molar-refractivity contribution in [3.63, 3.8) is 0 Å². The van der Waals surface area contributed by atoms with Gasteiger partial charge in [0.2, 0.25) is 0 Å². The van der Waals surface area contributed by atoms with Gasteiger partial charge in [0.05, 0.1) is 14.2 Å². The van der Waals surface area contributed by atoms with Crippen LogP contribution in [0.1, 0.15) is 50.5 Å². The Hall–Kier alpha value is -1.22. The van der Waals surface area contributed by atoms with Gasteiger partial charge in [0.15, 0.2) is 11.5 Å². The highest BCUT2D eigenvalue weighted by Crippen LogP contribution is 2.37. The van der Waals surface area contributed by atoms with Crippen molar-refractivity contribution in [2.45, 2.75) is 51.0 Å². The van der Waals surface area contributed by atoms with E-state index in [0.29, 0.717) is 12.0 Å². The summed E-state index contributed by atoms with van der Waals surface area (Å²) in [5.41, 5.74) is 1.38. The van der Waals surface area contributed by atoms with E-state index in [4.69, 9.17) is 9.47 Å². The van der Waals surface area contributed by atoms with Gasteiger partial charge in [-0.3, -0.25) is 0 Å². The first kappa shape index (κ1) is 15.2. The first-order valence-corrected chi connectivity index (χ1v) is 7.73. The number of rotatable bonds is 6. The first-order chi connectivity index (χ1) is 9.78. The standard InChI is InChI=1S/C17H27NO2/c1-4-10-18-15-7-5-6-13(11-15)14-8-9-16(19-2)17(12-14)20-3/h8-9,12-13,15,18H,4-7,10-11H2,1-3H3. The fraction of sp³-hybridized carbons (Fsp3) is 0.647. The van der Waals surface area contributed by atoms with Crippen molar-refractivity contribution in [3.8, 4) is 11.5 Å². The van der Waals surface area contributed by atoms with E-state index >= 15 is 0 Å². The zero-order chi connectivity index (χ0) is 14.4. The normalized spacial score (nSPS) is 22.6. The van der Waals surface area contributed by atoms with Crippen molar-refractivity contribution in [3.05, 3.63) is 23.8 Å². The van der Waals surface area contributed by atoms with Crippen LogP contribution in [0.3, 0.4) is 0 Å². The van der Waals surface area contributed by atoms with Crippen molar-refractivity contribution in [2.24, 2.45) is 0 Å². The smallest absolute Gasteiger partial charge is 0.160 e. The maximum absolute atomic E-state index is 5.42. The molecular weight excluding hydrogens is 250 g/mol. The zero-order valence-electron chi connectivity index (χ0n) is 12.9. The first-order valence-electron chi connectivity index (χ1n) is 7.73. The van der Waals surface area contributed by atoms with Gasteiger partial charge in [-0.2, -0.15) is 0 Å². The molecule has 0 heterocycles. The van der Waals surface area contributed by atoms with Crippen LogP contribution >= 0.6 is 0 Å². The maximum Gasteiger partial charge on any atom is 0.160 e. The summed E-state index contributed by atoms with van der Waals surface area (Å²) in [6.45, 7) is 3.35. The fourth-order valence-electron chi connectivity index (χ4n) is 3.13. The van der Waals surface area contributed by atoms with E-state index in [1.165, 1.54) is 37.7 Å². The molecule has 1 aliphatic carbocycles. The van der Waals surface area contributed by atoms with Gasteiger partial charge in [-0.15, -0.1) is 0 Å². The number of hydrogen-bond acceptors (Lipinski definition) is 3. The Labute approximate surface area is 122 Å². The van der Waals surface area contributed by atoms with E-state index in [-0.39, 0.29) is 0 Å². The lowest BCUT2D eigenvalue weighted by atomic mass is 9.81. The Kier molecular flexibility index (Phi) is 5.72. The number of nitrogens with one attached hydrogen (secondary N) is 1. The molecule has 0 aliphatic heterocycles. The van der Waals surface area contributed by atoms with E-state index in [1.807, 2.05) is 6.07 Å². The molecule has 2 atom stereocenters. The largest absolute Gasteiger partial charge is 0.493 e. The topological polar surface area (TPSA) is 30.5 Å². The van der Waals surface area contributed by atoms with Crippen molar-refractivity contribution in [1.82, 2.24) is 5.32 Å². The number of hydrogen-bond donors (Lipinski definition) is 1. The summed E-state index contributed by atoms with van der Waals surface area (Å²) < 4.78 is 10.7. The molecule has 1 saturated carbocycles. The number of ether oxygens (including phenoxy) is 2. The quantitative estimate of drug-likeness (QED) is 0.859. The second-order valence-corrected chi connectivity index (χ2v) is 5.63. The highest BCUT2D eigenvalue weighted by Gasteiger charge is 2.23. The van der Waals surface area contributed by atoms with Crippen LogP contribution in [0.25, 0.3) is 0 Å². The third-order valence-electron chi connectivity index (χ3n) is 4.24. The van der Waals surface area contributed by atoms with Crippen LogP contribution < -0.4 is 14.8 Å². The zero-order valence-corrected chi connectivity index (χ0v) is 12.9. The Balaban J connectivity index is 2.06. The molecule has 20 heavy (non-hydrogen) atoms. The van der Waals surface area contributed by atoms with Crippen LogP contribution in [0.4, 0.5) is 0 Å². The minimum Gasteiger partial charge on any atom is -0.493 e. The summed E-state index contributed by atoms with van der Waals surface area (Å²) in [7, 11) is 3.39. The van der Waals surface area contributed by atoms with Gasteiger partial charge < -0.3 is 14.8 Å². The van der Waals surface area contributed by atoms with Crippen LogP contribution in [0.15, 0.2) is 18.2 Å². The summed E-state index contributed by atoms with van der Waals surface area (Å²) in [6.07, 6.45) is 6.33. The molecule has 3 nitrogen and oxygen atoms in total. The molecule has 0 bridgehead atoms. The predicted molar refractivity (Wildman–Crippen MR) is 82.8 cm³/mol. The Morgan fingerprint density at radius 3 is 2.65 bits per heavy atom. The summed E-state index contributed by atoms with van der Waals surface area (Å²) in [5.74, 6) is 2.29. The molecule has 0 saturated heterocycles. The maximum atomic E-state index is 5.42. The van der Waals surface area contributed by atoms with Crippen LogP contribution in [-0.2, 0) is 0 Å². The van der Waals surface area contributed by atoms with Crippen molar-refractivity contribution >= 4 is 0 Å². The molecular formula is C17H27NO2. The molecule has 0 radical (unpaired) electrons. The third-order valence-corrected chi connectivity index (χ3v) is 4.24. The van der Waals surface area contributed by atoms with Gasteiger partial charge in [0.1, 0.15) is 0 Å². The Bertz CT molecular complexity index is 419. The van der Waals surface area contributed by atoms with Gasteiger partial charge >= 0.3 is 0 Å². The van der Waals surface area contributed by atoms with E-state index < -0.39 is 0 Å². The van der Waals surface area contributed by atoms with Crippen LogP contribution in [0, 0.1) is 0 Å². The average molecular weight is 277 g/mol. The second kappa shape index (κ2) is 7.53. The molecule has 0 spiro atoms. The lowest BCUT2D eigenvalue weighted by molar-refractivity contribution is 0.335. The summed E-state index contributed by atoms with van der Waals surface area (Å²) >= 11 is 0. The van der Waals surface area contributed by atoms with Crippen molar-refractivity contribution < 1.29 is 9.47 Å². The molecule has 0 aromatic heterocycles. The monoisotopic (exact) mass is 277 g/mol. The highest BCUT2D eigenvalue weighted by atomic mass is 16.5. The van der Waals surface area contributed by atoms with E-state index in [2.05, 4.69) is 24.4 Å². The average Bonchev–Trinajstić information content (AvgIpc) is 2.52. The number of benzene rings is 1. The SMILES string of the molecule is CCCNC1CCCC(c2ccc(OC)c(OC)c2)C1. The van der Waals surface area contributed by atoms with Crippen LogP contribution in [0.2, 0.25) is 0 Å². The van der Waals surface area contributed by atoms with E-state index in [1.54, 1.807) is 14.2 Å². The van der Waals surface area contributed by atoms with Gasteiger partial charge in [0.25, 0.3) is 0 Å². The molecule has 2 rings (SSSR count). The fourth-order valence-corrected chi connectivity index (χ4v) is 3.13. The molecule has 0 amide bonds. The van der Waals surface area contributed by atoms with Crippen molar-refractivity contribution in [1.29, 1.82) is 0 Å². The molecule has 2 unspecified atom stereocenters. The van der Waals surface area contributed by atoms with E-state index in [0.717, 1.165) is 18.0 Å². The highest BCUT2D eigenvalue weighted by molar-refractivity contribution is 5.44. The van der Waals surface area contributed by atoms with Crippen LogP contribution in [0.5, 0.6) is 11.5 Å². The predicted octanol–water partition coefficient (Wildman–Crippen LogP) is 3.73. The Morgan fingerprint density at radius 1 is 1.15 bits per heavy atom. The lowest BCUT2D eigenvalue weighted by Gasteiger charge is -2.30. The Morgan fingerprint density at radius 2 is 1.95 bits per heavy atom. The molecule has 1 fully saturated rings. The summed E-state index contributed by atoms with van der Waals surface area (Å²) in [4.78, 5) is 0. The van der Waals surface area contributed by atoms with Gasteiger partial charge in [-0.25, -0.2) is 0 Å². The summed E-state index contributed by atoms with van der Waals surface area (Å²) in [5, 5.41) is 3.67. The van der Waals surface area contributed by atoms with Crippen LogP contribution in [-0.4, -0.2) is 26.8 Å². The second-order valence-electron chi connectivity index (χ2n) is 5.63. The summed E-state index contributed by atoms with van der Waals surface area (Å²) in [6, 6.07) is 7.03. The molecule has 3 heteroatoms. The number of methoxy groups -OCH3 is 2.